The Morgan fingerprint density at radius 2 is 1.14 bits per heavy atom. The van der Waals surface area contributed by atoms with Crippen LogP contribution >= 0.6 is 0 Å². The van der Waals surface area contributed by atoms with Gasteiger partial charge in [0.05, 0.1) is 34.4 Å². The summed E-state index contributed by atoms with van der Waals surface area (Å²) < 4.78 is 81.1. The summed E-state index contributed by atoms with van der Waals surface area (Å²) >= 11 is 0. The van der Waals surface area contributed by atoms with Gasteiger partial charge in [-0.3, -0.25) is 0 Å². The van der Waals surface area contributed by atoms with Crippen molar-refractivity contribution in [2.45, 2.75) is 24.7 Å². The molecule has 0 aromatic heterocycles. The molecule has 6 rings (SSSR count). The van der Waals surface area contributed by atoms with Crippen molar-refractivity contribution in [3.8, 4) is 47.5 Å². The number of nitriles is 6. The summed E-state index contributed by atoms with van der Waals surface area (Å²) in [6.07, 6.45) is -6.17. The molecule has 12 heteroatoms. The molecule has 3 aromatic rings. The Balaban J connectivity index is 1.57. The molecule has 0 saturated heterocycles. The minimum atomic E-state index is -4.77. The predicted octanol–water partition coefficient (Wildman–Crippen LogP) is 9.10. The Bertz CT molecular complexity index is 2470. The molecule has 0 fully saturated rings. The van der Waals surface area contributed by atoms with Gasteiger partial charge < -0.3 is 0 Å². The highest BCUT2D eigenvalue weighted by molar-refractivity contribution is 6.15. The molecular formula is C38H14F6N6. The fourth-order valence-electron chi connectivity index (χ4n) is 6.64. The molecule has 0 amide bonds. The molecule has 3 aromatic carbocycles. The van der Waals surface area contributed by atoms with E-state index in [0.29, 0.717) is 44.5 Å². The molecule has 3 aliphatic rings. The van der Waals surface area contributed by atoms with E-state index in [1.54, 1.807) is 42.5 Å². The molecule has 0 bridgehead atoms. The van der Waals surface area contributed by atoms with Crippen LogP contribution in [0.5, 0.6) is 0 Å². The molecule has 238 valence electrons. The third kappa shape index (κ3) is 5.10. The monoisotopic (exact) mass is 668 g/mol. The summed E-state index contributed by atoms with van der Waals surface area (Å²) in [6, 6.07) is 21.7. The molecule has 0 N–H and O–H groups in total. The fourth-order valence-corrected chi connectivity index (χ4v) is 6.64. The third-order valence-electron chi connectivity index (χ3n) is 8.75. The number of fused-ring (bicyclic) bond motifs is 3. The molecule has 6 nitrogen and oxygen atoms in total. The van der Waals surface area contributed by atoms with Crippen molar-refractivity contribution in [1.82, 2.24) is 0 Å². The van der Waals surface area contributed by atoms with Crippen LogP contribution in [-0.2, 0) is 12.4 Å². The van der Waals surface area contributed by atoms with Crippen LogP contribution in [0.3, 0.4) is 0 Å². The lowest BCUT2D eigenvalue weighted by atomic mass is 9.80. The van der Waals surface area contributed by atoms with Gasteiger partial charge in [0.1, 0.15) is 35.4 Å². The maximum atomic E-state index is 13.5. The Morgan fingerprint density at radius 1 is 0.600 bits per heavy atom. The molecule has 0 heterocycles. The van der Waals surface area contributed by atoms with Gasteiger partial charge in [-0.2, -0.15) is 57.9 Å². The van der Waals surface area contributed by atoms with E-state index in [1.165, 1.54) is 12.1 Å². The summed E-state index contributed by atoms with van der Waals surface area (Å²) in [6.45, 7) is 0. The van der Waals surface area contributed by atoms with Crippen LogP contribution in [-0.4, -0.2) is 0 Å². The first kappa shape index (κ1) is 32.8. The van der Waals surface area contributed by atoms with Crippen molar-refractivity contribution >= 4 is 11.1 Å². The minimum absolute atomic E-state index is 0.0907. The van der Waals surface area contributed by atoms with E-state index in [4.69, 9.17) is 0 Å². The van der Waals surface area contributed by atoms with E-state index in [1.807, 2.05) is 24.3 Å². The number of allylic oxidation sites excluding steroid dienone is 10. The summed E-state index contributed by atoms with van der Waals surface area (Å²) in [4.78, 5) is 0. The predicted molar refractivity (Wildman–Crippen MR) is 165 cm³/mol. The highest BCUT2D eigenvalue weighted by Gasteiger charge is 2.43. The lowest BCUT2D eigenvalue weighted by Crippen LogP contribution is -2.10. The van der Waals surface area contributed by atoms with E-state index in [2.05, 4.69) is 0 Å². The van der Waals surface area contributed by atoms with E-state index in [9.17, 15) is 57.9 Å². The van der Waals surface area contributed by atoms with Crippen molar-refractivity contribution in [3.05, 3.63) is 139 Å². The number of rotatable bonds is 2. The number of halogens is 6. The molecule has 3 aliphatic carbocycles. The quantitative estimate of drug-likeness (QED) is 0.197. The SMILES string of the molecule is N#CC(C#N)=C1C2=C(CC(c3ccc(C(F)(F)F)c(C#N)c3)C=C2)C2=C1c1cc(-c3ccc(C(F)(F)F)c(C#N)c3)ccc1C2=C(C#N)C#N. The normalized spacial score (nSPS) is 15.9. The average Bonchev–Trinajstić information content (AvgIpc) is 3.60. The van der Waals surface area contributed by atoms with Crippen LogP contribution < -0.4 is 0 Å². The van der Waals surface area contributed by atoms with Gasteiger partial charge in [-0.15, -0.1) is 0 Å². The van der Waals surface area contributed by atoms with E-state index < -0.39 is 40.5 Å². The molecule has 0 aliphatic heterocycles. The number of alkyl halides is 6. The highest BCUT2D eigenvalue weighted by Crippen LogP contribution is 2.59. The minimum Gasteiger partial charge on any atom is -0.192 e. The molecular weight excluding hydrogens is 654 g/mol. The highest BCUT2D eigenvalue weighted by atomic mass is 19.4. The van der Waals surface area contributed by atoms with Gasteiger partial charge in [-0.25, -0.2) is 0 Å². The largest absolute Gasteiger partial charge is 0.417 e. The van der Waals surface area contributed by atoms with Crippen molar-refractivity contribution in [2.75, 3.05) is 0 Å². The molecule has 1 unspecified atom stereocenters. The lowest BCUT2D eigenvalue weighted by molar-refractivity contribution is -0.138. The van der Waals surface area contributed by atoms with Crippen LogP contribution in [0.2, 0.25) is 0 Å². The maximum absolute atomic E-state index is 13.5. The maximum Gasteiger partial charge on any atom is 0.417 e. The summed E-state index contributed by atoms with van der Waals surface area (Å²) in [7, 11) is 0. The number of hydrogen-bond donors (Lipinski definition) is 0. The third-order valence-corrected chi connectivity index (χ3v) is 8.75. The van der Waals surface area contributed by atoms with Crippen LogP contribution in [0.4, 0.5) is 26.3 Å². The first-order valence-electron chi connectivity index (χ1n) is 14.4. The van der Waals surface area contributed by atoms with Crippen molar-refractivity contribution in [1.29, 1.82) is 31.6 Å². The second-order valence-electron chi connectivity index (χ2n) is 11.3. The van der Waals surface area contributed by atoms with Gasteiger partial charge in [-0.1, -0.05) is 36.4 Å². The van der Waals surface area contributed by atoms with Gasteiger partial charge in [0.2, 0.25) is 0 Å². The van der Waals surface area contributed by atoms with Crippen LogP contribution in [0.25, 0.3) is 22.3 Å². The summed E-state index contributed by atoms with van der Waals surface area (Å²) in [5.74, 6) is -0.589. The molecule has 0 radical (unpaired) electrons. The van der Waals surface area contributed by atoms with E-state index in [0.717, 1.165) is 24.3 Å². The van der Waals surface area contributed by atoms with Crippen molar-refractivity contribution < 1.29 is 26.3 Å². The number of nitrogens with zero attached hydrogens (tertiary/aromatic N) is 6. The Kier molecular flexibility index (Phi) is 7.77. The zero-order valence-corrected chi connectivity index (χ0v) is 25.1. The average molecular weight is 669 g/mol. The zero-order valence-electron chi connectivity index (χ0n) is 25.1. The Morgan fingerprint density at radius 3 is 1.72 bits per heavy atom. The molecule has 50 heavy (non-hydrogen) atoms. The smallest absolute Gasteiger partial charge is 0.192 e. The summed E-state index contributed by atoms with van der Waals surface area (Å²) in [5.41, 5.74) is -0.311. The van der Waals surface area contributed by atoms with E-state index in [-0.39, 0.29) is 34.3 Å². The Hall–Kier alpha value is -7.12. The van der Waals surface area contributed by atoms with Gasteiger partial charge in [0.25, 0.3) is 0 Å². The van der Waals surface area contributed by atoms with Crippen LogP contribution in [0, 0.1) is 68.0 Å². The van der Waals surface area contributed by atoms with Crippen molar-refractivity contribution in [2.24, 2.45) is 0 Å². The van der Waals surface area contributed by atoms with Crippen LogP contribution in [0.1, 0.15) is 51.3 Å². The second-order valence-corrected chi connectivity index (χ2v) is 11.3. The van der Waals surface area contributed by atoms with Gasteiger partial charge >= 0.3 is 12.4 Å². The number of benzene rings is 3. The summed E-state index contributed by atoms with van der Waals surface area (Å²) in [5, 5.41) is 59.0. The van der Waals surface area contributed by atoms with Gasteiger partial charge in [-0.05, 0) is 81.3 Å². The topological polar surface area (TPSA) is 143 Å². The number of hydrogen-bond acceptors (Lipinski definition) is 6. The molecule has 0 spiro atoms. The fraction of sp³-hybridized carbons (Fsp3) is 0.105. The standard InChI is InChI=1S/C38H14F6N6/c39-37(40,41)31-7-3-19(9-23(31)13-45)21-1-5-27-29(11-21)35-34(26(17-49)18-50)28-6-2-22(12-30(28)36(35)33(27)25(15-47)16-48)20-4-8-32(38(42,43)44)24(10-20)14-46/h1-11,22H,12H2. The van der Waals surface area contributed by atoms with Crippen LogP contribution in [0.15, 0.2) is 100 Å². The lowest BCUT2D eigenvalue weighted by Gasteiger charge is -2.23. The van der Waals surface area contributed by atoms with Crippen molar-refractivity contribution in [3.63, 3.8) is 0 Å². The van der Waals surface area contributed by atoms with Gasteiger partial charge in [0, 0.05) is 22.6 Å². The first-order chi connectivity index (χ1) is 23.8. The molecule has 1 atom stereocenters. The first-order valence-corrected chi connectivity index (χ1v) is 14.4. The van der Waals surface area contributed by atoms with E-state index >= 15 is 0 Å². The molecule has 0 saturated carbocycles. The zero-order chi connectivity index (χ0) is 36.1. The second kappa shape index (κ2) is 11.8. The van der Waals surface area contributed by atoms with Gasteiger partial charge in [0.15, 0.2) is 0 Å². The Labute approximate surface area is 280 Å².